The number of aliphatic hydroxyl groups excluding tert-OH is 1. The lowest BCUT2D eigenvalue weighted by Gasteiger charge is -2.13. The predicted molar refractivity (Wildman–Crippen MR) is 87.8 cm³/mol. The highest BCUT2D eigenvalue weighted by atomic mass is 16.5. The maximum absolute atomic E-state index is 10.0. The quantitative estimate of drug-likeness (QED) is 0.167. The molecule has 0 aliphatic heterocycles. The van der Waals surface area contributed by atoms with E-state index in [0.29, 0.717) is 39.5 Å². The van der Waals surface area contributed by atoms with Crippen LogP contribution in [-0.4, -0.2) is 51.7 Å². The van der Waals surface area contributed by atoms with Gasteiger partial charge in [0.05, 0.1) is 33.0 Å². The minimum atomic E-state index is -0.751. The third-order valence-corrected chi connectivity index (χ3v) is 3.06. The molecule has 0 spiro atoms. The summed E-state index contributed by atoms with van der Waals surface area (Å²) >= 11 is 0. The van der Waals surface area contributed by atoms with Crippen LogP contribution in [0.2, 0.25) is 0 Å². The molecule has 1 unspecified atom stereocenters. The molecule has 3 N–H and O–H groups in total. The number of aliphatic hydroxyl groups is 1. The summed E-state index contributed by atoms with van der Waals surface area (Å²) in [6, 6.07) is 7.26. The van der Waals surface area contributed by atoms with E-state index in [-0.39, 0.29) is 0 Å². The molecule has 8 heteroatoms. The van der Waals surface area contributed by atoms with Gasteiger partial charge in [0.2, 0.25) is 0 Å². The summed E-state index contributed by atoms with van der Waals surface area (Å²) in [6.07, 6.45) is -0.751. The standard InChI is InChI=1S/C15H25N5O3/c1-17-6-8-22-10-11-23-9-7-18-15(21)14-4-2-13(3-5-14)12-19-20-16/h2-5,15,17-18,21H,6-12H2,1H3. The Bertz CT molecular complexity index is 463. The molecule has 0 saturated carbocycles. The van der Waals surface area contributed by atoms with Gasteiger partial charge in [-0.05, 0) is 23.7 Å². The maximum Gasteiger partial charge on any atom is 0.131 e. The molecular weight excluding hydrogens is 298 g/mol. The molecule has 0 aliphatic carbocycles. The van der Waals surface area contributed by atoms with Crippen molar-refractivity contribution in [3.05, 3.63) is 45.8 Å². The number of nitrogens with one attached hydrogen (secondary N) is 2. The maximum atomic E-state index is 10.0. The Morgan fingerprint density at radius 2 is 1.78 bits per heavy atom. The number of azide groups is 1. The Labute approximate surface area is 136 Å². The van der Waals surface area contributed by atoms with Crippen LogP contribution in [0.15, 0.2) is 29.4 Å². The van der Waals surface area contributed by atoms with Gasteiger partial charge in [-0.25, -0.2) is 0 Å². The molecule has 0 aromatic heterocycles. The van der Waals surface area contributed by atoms with Gasteiger partial charge in [-0.15, -0.1) is 0 Å². The van der Waals surface area contributed by atoms with Crippen molar-refractivity contribution in [2.45, 2.75) is 12.8 Å². The van der Waals surface area contributed by atoms with Crippen LogP contribution in [0.1, 0.15) is 17.4 Å². The molecule has 8 nitrogen and oxygen atoms in total. The van der Waals surface area contributed by atoms with Crippen molar-refractivity contribution in [1.29, 1.82) is 0 Å². The predicted octanol–water partition coefficient (Wildman–Crippen LogP) is 1.33. The monoisotopic (exact) mass is 323 g/mol. The zero-order valence-corrected chi connectivity index (χ0v) is 13.4. The normalized spacial score (nSPS) is 11.9. The first kappa shape index (κ1) is 19.4. The number of nitrogens with zero attached hydrogens (tertiary/aromatic N) is 3. The van der Waals surface area contributed by atoms with Crippen molar-refractivity contribution in [2.24, 2.45) is 5.11 Å². The molecule has 23 heavy (non-hydrogen) atoms. The van der Waals surface area contributed by atoms with E-state index in [4.69, 9.17) is 15.0 Å². The topological polar surface area (TPSA) is 112 Å². The minimum Gasteiger partial charge on any atom is -0.378 e. The van der Waals surface area contributed by atoms with Crippen LogP contribution in [0.4, 0.5) is 0 Å². The summed E-state index contributed by atoms with van der Waals surface area (Å²) < 4.78 is 10.7. The second kappa shape index (κ2) is 12.8. The van der Waals surface area contributed by atoms with Gasteiger partial charge in [0.15, 0.2) is 0 Å². The Kier molecular flexibility index (Phi) is 10.8. The van der Waals surface area contributed by atoms with Crippen LogP contribution in [0, 0.1) is 0 Å². The number of hydrogen-bond donors (Lipinski definition) is 3. The van der Waals surface area contributed by atoms with E-state index in [1.807, 2.05) is 19.2 Å². The second-order valence-electron chi connectivity index (χ2n) is 4.82. The van der Waals surface area contributed by atoms with Crippen molar-refractivity contribution in [2.75, 3.05) is 46.6 Å². The van der Waals surface area contributed by atoms with Crippen LogP contribution in [0.25, 0.3) is 10.4 Å². The zero-order valence-electron chi connectivity index (χ0n) is 13.4. The molecule has 1 atom stereocenters. The van der Waals surface area contributed by atoms with Crippen molar-refractivity contribution in [3.8, 4) is 0 Å². The molecule has 1 rings (SSSR count). The molecular formula is C15H25N5O3. The minimum absolute atomic E-state index is 0.310. The van der Waals surface area contributed by atoms with E-state index in [2.05, 4.69) is 20.7 Å². The van der Waals surface area contributed by atoms with Gasteiger partial charge in [0.25, 0.3) is 0 Å². The third kappa shape index (κ3) is 9.14. The van der Waals surface area contributed by atoms with Gasteiger partial charge < -0.3 is 19.9 Å². The molecule has 0 aliphatic rings. The third-order valence-electron chi connectivity index (χ3n) is 3.06. The zero-order chi connectivity index (χ0) is 16.8. The lowest BCUT2D eigenvalue weighted by molar-refractivity contribution is 0.0440. The fraction of sp³-hybridized carbons (Fsp3) is 0.600. The summed E-state index contributed by atoms with van der Waals surface area (Å²) in [5.41, 5.74) is 9.93. The largest absolute Gasteiger partial charge is 0.378 e. The van der Waals surface area contributed by atoms with E-state index in [1.165, 1.54) is 0 Å². The second-order valence-corrected chi connectivity index (χ2v) is 4.82. The van der Waals surface area contributed by atoms with Crippen LogP contribution < -0.4 is 10.6 Å². The molecule has 1 aromatic rings. The number of ether oxygens (including phenoxy) is 2. The van der Waals surface area contributed by atoms with Gasteiger partial charge in [0.1, 0.15) is 6.23 Å². The first-order valence-electron chi connectivity index (χ1n) is 7.59. The Balaban J connectivity index is 2.11. The van der Waals surface area contributed by atoms with E-state index >= 15 is 0 Å². The molecule has 0 fully saturated rings. The van der Waals surface area contributed by atoms with Gasteiger partial charge in [-0.3, -0.25) is 5.32 Å². The van der Waals surface area contributed by atoms with Crippen LogP contribution in [0.5, 0.6) is 0 Å². The lowest BCUT2D eigenvalue weighted by Crippen LogP contribution is -2.25. The summed E-state index contributed by atoms with van der Waals surface area (Å²) in [5.74, 6) is 0. The van der Waals surface area contributed by atoms with Crippen molar-refractivity contribution in [3.63, 3.8) is 0 Å². The smallest absolute Gasteiger partial charge is 0.131 e. The summed E-state index contributed by atoms with van der Waals surface area (Å²) in [4.78, 5) is 2.71. The lowest BCUT2D eigenvalue weighted by atomic mass is 10.1. The fourth-order valence-corrected chi connectivity index (χ4v) is 1.80. The van der Waals surface area contributed by atoms with Gasteiger partial charge in [-0.1, -0.05) is 29.4 Å². The molecule has 0 radical (unpaired) electrons. The summed E-state index contributed by atoms with van der Waals surface area (Å²) in [5, 5.41) is 19.5. The van der Waals surface area contributed by atoms with E-state index in [9.17, 15) is 5.11 Å². The van der Waals surface area contributed by atoms with E-state index in [1.54, 1.807) is 12.1 Å². The van der Waals surface area contributed by atoms with Gasteiger partial charge >= 0.3 is 0 Å². The number of hydrogen-bond acceptors (Lipinski definition) is 6. The first-order valence-corrected chi connectivity index (χ1v) is 7.59. The van der Waals surface area contributed by atoms with E-state index < -0.39 is 6.23 Å². The van der Waals surface area contributed by atoms with E-state index in [0.717, 1.165) is 17.7 Å². The highest BCUT2D eigenvalue weighted by Gasteiger charge is 2.05. The average molecular weight is 323 g/mol. The first-order chi connectivity index (χ1) is 11.3. The Morgan fingerprint density at radius 3 is 2.39 bits per heavy atom. The van der Waals surface area contributed by atoms with Crippen LogP contribution in [-0.2, 0) is 16.0 Å². The SMILES string of the molecule is CNCCOCCOCCNC(O)c1ccc(CN=[N+]=[N-])cc1. The van der Waals surface area contributed by atoms with Crippen LogP contribution in [0.3, 0.4) is 0 Å². The van der Waals surface area contributed by atoms with Gasteiger partial charge in [0, 0.05) is 18.0 Å². The molecule has 1 aromatic carbocycles. The molecule has 0 amide bonds. The highest BCUT2D eigenvalue weighted by Crippen LogP contribution is 2.12. The average Bonchev–Trinajstić information content (AvgIpc) is 2.58. The van der Waals surface area contributed by atoms with Crippen molar-refractivity contribution < 1.29 is 14.6 Å². The summed E-state index contributed by atoms with van der Waals surface area (Å²) in [6.45, 7) is 3.96. The summed E-state index contributed by atoms with van der Waals surface area (Å²) in [7, 11) is 1.88. The van der Waals surface area contributed by atoms with Gasteiger partial charge in [-0.2, -0.15) is 0 Å². The van der Waals surface area contributed by atoms with Crippen molar-refractivity contribution in [1.82, 2.24) is 10.6 Å². The van der Waals surface area contributed by atoms with Crippen molar-refractivity contribution >= 4 is 0 Å². The van der Waals surface area contributed by atoms with Crippen LogP contribution >= 0.6 is 0 Å². The Morgan fingerprint density at radius 1 is 1.13 bits per heavy atom. The number of likely N-dealkylation sites (N-methyl/N-ethyl adjacent to an activating group) is 1. The molecule has 0 bridgehead atoms. The molecule has 0 saturated heterocycles. The highest BCUT2D eigenvalue weighted by molar-refractivity contribution is 5.23. The fourth-order valence-electron chi connectivity index (χ4n) is 1.80. The number of rotatable bonds is 13. The Hall–Kier alpha value is -1.67. The number of benzene rings is 1. The molecule has 128 valence electrons. The molecule has 0 heterocycles.